The molecule has 0 aliphatic carbocycles. The first kappa shape index (κ1) is 18.2. The number of benzene rings is 2. The zero-order valence-corrected chi connectivity index (χ0v) is 16.1. The molecule has 3 aromatic rings. The Morgan fingerprint density at radius 3 is 2.82 bits per heavy atom. The van der Waals surface area contributed by atoms with Crippen LogP contribution in [0.3, 0.4) is 0 Å². The van der Waals surface area contributed by atoms with E-state index in [0.717, 1.165) is 26.5 Å². The predicted molar refractivity (Wildman–Crippen MR) is 107 cm³/mol. The van der Waals surface area contributed by atoms with Gasteiger partial charge in [0.2, 0.25) is 0 Å². The molecule has 1 amide bonds. The second-order valence-electron chi connectivity index (χ2n) is 6.40. The lowest BCUT2D eigenvalue weighted by molar-refractivity contribution is -0.148. The van der Waals surface area contributed by atoms with E-state index in [-0.39, 0.29) is 19.1 Å². The molecule has 28 heavy (non-hydrogen) atoms. The summed E-state index contributed by atoms with van der Waals surface area (Å²) in [5, 5.41) is 0.836. The summed E-state index contributed by atoms with van der Waals surface area (Å²) in [6.07, 6.45) is 1.73. The van der Waals surface area contributed by atoms with Crippen LogP contribution in [0.15, 0.2) is 54.1 Å². The maximum absolute atomic E-state index is 12.3. The van der Waals surface area contributed by atoms with Gasteiger partial charge in [0.05, 0.1) is 22.3 Å². The quantitative estimate of drug-likeness (QED) is 0.621. The highest BCUT2D eigenvalue weighted by atomic mass is 32.1. The van der Waals surface area contributed by atoms with Gasteiger partial charge in [-0.3, -0.25) is 4.79 Å². The molecule has 0 fully saturated rings. The third-order valence-corrected chi connectivity index (χ3v) is 5.38. The van der Waals surface area contributed by atoms with Crippen LogP contribution in [-0.2, 0) is 20.9 Å². The molecule has 4 rings (SSSR count). The van der Waals surface area contributed by atoms with Gasteiger partial charge in [0.25, 0.3) is 5.91 Å². The number of hydrogen-bond donors (Lipinski definition) is 0. The third kappa shape index (κ3) is 3.89. The number of likely N-dealkylation sites (N-methyl/N-ethyl adjacent to an activating group) is 1. The molecule has 2 aromatic carbocycles. The summed E-state index contributed by atoms with van der Waals surface area (Å²) >= 11 is 1.55. The maximum Gasteiger partial charge on any atom is 0.338 e. The summed E-state index contributed by atoms with van der Waals surface area (Å²) in [5.41, 5.74) is 2.12. The van der Waals surface area contributed by atoms with Crippen LogP contribution >= 0.6 is 11.3 Å². The van der Waals surface area contributed by atoms with Crippen molar-refractivity contribution in [1.29, 1.82) is 0 Å². The van der Waals surface area contributed by atoms with Gasteiger partial charge in [0, 0.05) is 12.6 Å². The molecule has 0 saturated heterocycles. The van der Waals surface area contributed by atoms with E-state index >= 15 is 0 Å². The predicted octanol–water partition coefficient (Wildman–Crippen LogP) is 3.27. The van der Waals surface area contributed by atoms with Crippen molar-refractivity contribution in [3.63, 3.8) is 0 Å². The van der Waals surface area contributed by atoms with Crippen LogP contribution in [0.1, 0.15) is 10.6 Å². The zero-order valence-electron chi connectivity index (χ0n) is 15.3. The average Bonchev–Trinajstić information content (AvgIpc) is 3.13. The van der Waals surface area contributed by atoms with Crippen molar-refractivity contribution in [1.82, 2.24) is 9.88 Å². The first-order valence-electron chi connectivity index (χ1n) is 8.78. The van der Waals surface area contributed by atoms with Crippen LogP contribution in [0.4, 0.5) is 0 Å². The molecule has 0 atom stereocenters. The SMILES string of the molecule is CN(Cc1nc2ccccc2s1)C(=O)COC(=O)C1=Cc2ccccc2OC1. The Hall–Kier alpha value is -3.19. The first-order valence-corrected chi connectivity index (χ1v) is 9.60. The standard InChI is InChI=1S/C21H18N2O4S/c1-23(11-19-22-16-7-3-5-9-18(16)28-19)20(24)13-27-21(25)15-10-14-6-2-4-8-17(14)26-12-15/h2-10H,11-13H2,1H3. The van der Waals surface area contributed by atoms with Crippen LogP contribution < -0.4 is 4.74 Å². The number of aromatic nitrogens is 1. The number of carbonyl (C=O) groups excluding carboxylic acids is 2. The van der Waals surface area contributed by atoms with Crippen molar-refractivity contribution in [3.05, 3.63) is 64.7 Å². The van der Waals surface area contributed by atoms with Gasteiger partial charge in [-0.05, 0) is 24.3 Å². The van der Waals surface area contributed by atoms with Gasteiger partial charge in [0.15, 0.2) is 6.61 Å². The minimum absolute atomic E-state index is 0.131. The fourth-order valence-corrected chi connectivity index (χ4v) is 3.86. The van der Waals surface area contributed by atoms with Gasteiger partial charge < -0.3 is 14.4 Å². The second-order valence-corrected chi connectivity index (χ2v) is 7.51. The van der Waals surface area contributed by atoms with Crippen molar-refractivity contribution in [2.45, 2.75) is 6.54 Å². The minimum atomic E-state index is -0.545. The van der Waals surface area contributed by atoms with E-state index in [2.05, 4.69) is 4.98 Å². The molecule has 0 radical (unpaired) electrons. The Morgan fingerprint density at radius 1 is 1.18 bits per heavy atom. The number of ether oxygens (including phenoxy) is 2. The van der Waals surface area contributed by atoms with Gasteiger partial charge in [-0.15, -0.1) is 11.3 Å². The summed E-state index contributed by atoms with van der Waals surface area (Å²) in [4.78, 5) is 30.6. The van der Waals surface area contributed by atoms with Crippen LogP contribution in [0.25, 0.3) is 16.3 Å². The molecule has 0 spiro atoms. The summed E-state index contributed by atoms with van der Waals surface area (Å²) in [7, 11) is 1.67. The second kappa shape index (κ2) is 7.82. The first-order chi connectivity index (χ1) is 13.6. The summed E-state index contributed by atoms with van der Waals surface area (Å²) in [6, 6.07) is 15.3. The molecular weight excluding hydrogens is 376 g/mol. The van der Waals surface area contributed by atoms with Crippen LogP contribution in [0, 0.1) is 0 Å². The Labute approximate surface area is 166 Å². The van der Waals surface area contributed by atoms with Crippen LogP contribution in [0.2, 0.25) is 0 Å². The summed E-state index contributed by atoms with van der Waals surface area (Å²) < 4.78 is 11.8. The Morgan fingerprint density at radius 2 is 1.96 bits per heavy atom. The lowest BCUT2D eigenvalue weighted by Gasteiger charge is -2.18. The van der Waals surface area contributed by atoms with E-state index in [1.165, 1.54) is 4.90 Å². The van der Waals surface area contributed by atoms with E-state index < -0.39 is 5.97 Å². The molecule has 0 N–H and O–H groups in total. The highest BCUT2D eigenvalue weighted by molar-refractivity contribution is 7.18. The van der Waals surface area contributed by atoms with Crippen molar-refractivity contribution in [2.24, 2.45) is 0 Å². The molecule has 7 heteroatoms. The number of hydrogen-bond acceptors (Lipinski definition) is 6. The molecule has 1 aliphatic heterocycles. The number of fused-ring (bicyclic) bond motifs is 2. The number of nitrogens with zero attached hydrogens (tertiary/aromatic N) is 2. The summed E-state index contributed by atoms with van der Waals surface area (Å²) in [5.74, 6) is -0.104. The molecule has 1 aliphatic rings. The van der Waals surface area contributed by atoms with E-state index in [0.29, 0.717) is 12.1 Å². The normalized spacial score (nSPS) is 12.7. The molecule has 0 unspecified atom stereocenters. The van der Waals surface area contributed by atoms with Gasteiger partial charge in [-0.2, -0.15) is 0 Å². The Balaban J connectivity index is 1.33. The average molecular weight is 394 g/mol. The van der Waals surface area contributed by atoms with Crippen molar-refractivity contribution < 1.29 is 19.1 Å². The number of esters is 1. The molecular formula is C21H18N2O4S. The van der Waals surface area contributed by atoms with Crippen molar-refractivity contribution >= 4 is 39.5 Å². The van der Waals surface area contributed by atoms with Gasteiger partial charge in [-0.1, -0.05) is 30.3 Å². The fraction of sp³-hybridized carbons (Fsp3) is 0.190. The number of para-hydroxylation sites is 2. The lowest BCUT2D eigenvalue weighted by Crippen LogP contribution is -2.31. The molecule has 1 aromatic heterocycles. The molecule has 0 saturated carbocycles. The van der Waals surface area contributed by atoms with E-state index in [9.17, 15) is 9.59 Å². The minimum Gasteiger partial charge on any atom is -0.488 e. The third-order valence-electron chi connectivity index (χ3n) is 4.36. The highest BCUT2D eigenvalue weighted by Crippen LogP contribution is 2.26. The highest BCUT2D eigenvalue weighted by Gasteiger charge is 2.20. The molecule has 2 heterocycles. The fourth-order valence-electron chi connectivity index (χ4n) is 2.84. The largest absolute Gasteiger partial charge is 0.488 e. The number of carbonyl (C=O) groups is 2. The van der Waals surface area contributed by atoms with Gasteiger partial charge in [0.1, 0.15) is 17.4 Å². The van der Waals surface area contributed by atoms with E-state index in [4.69, 9.17) is 9.47 Å². The van der Waals surface area contributed by atoms with Crippen molar-refractivity contribution in [3.8, 4) is 5.75 Å². The van der Waals surface area contributed by atoms with Crippen LogP contribution in [0.5, 0.6) is 5.75 Å². The molecule has 0 bridgehead atoms. The maximum atomic E-state index is 12.3. The number of amides is 1. The Kier molecular flexibility index (Phi) is 5.08. The Bertz CT molecular complexity index is 1040. The van der Waals surface area contributed by atoms with E-state index in [1.54, 1.807) is 24.5 Å². The molecule has 142 valence electrons. The van der Waals surface area contributed by atoms with Crippen LogP contribution in [-0.4, -0.2) is 42.0 Å². The monoisotopic (exact) mass is 394 g/mol. The smallest absolute Gasteiger partial charge is 0.338 e. The van der Waals surface area contributed by atoms with E-state index in [1.807, 2.05) is 48.5 Å². The lowest BCUT2D eigenvalue weighted by atomic mass is 10.1. The molecule has 6 nitrogen and oxygen atoms in total. The summed E-state index contributed by atoms with van der Waals surface area (Å²) in [6.45, 7) is 0.180. The number of thiazole rings is 1. The van der Waals surface area contributed by atoms with Gasteiger partial charge in [-0.25, -0.2) is 9.78 Å². The topological polar surface area (TPSA) is 68.7 Å². The van der Waals surface area contributed by atoms with Crippen molar-refractivity contribution in [2.75, 3.05) is 20.3 Å². The van der Waals surface area contributed by atoms with Gasteiger partial charge >= 0.3 is 5.97 Å². The zero-order chi connectivity index (χ0) is 19.5. The number of rotatable bonds is 5.